The summed E-state index contributed by atoms with van der Waals surface area (Å²) in [6, 6.07) is 14.8. The Balaban J connectivity index is 1.77. The SMILES string of the molecule is C[C@H]1Cc2cc(C(=O)NCc3ccccc3)ccc2N1S(C)(=O)=O. The second-order valence-corrected chi connectivity index (χ2v) is 7.98. The number of carbonyl (C=O) groups excluding carboxylic acids is 1. The van der Waals surface area contributed by atoms with Crippen molar-refractivity contribution in [3.8, 4) is 0 Å². The third-order valence-corrected chi connectivity index (χ3v) is 5.42. The van der Waals surface area contributed by atoms with Crippen molar-refractivity contribution in [2.45, 2.75) is 25.9 Å². The summed E-state index contributed by atoms with van der Waals surface area (Å²) >= 11 is 0. The minimum absolute atomic E-state index is 0.127. The monoisotopic (exact) mass is 344 g/mol. The number of benzene rings is 2. The first-order valence-corrected chi connectivity index (χ1v) is 9.65. The fourth-order valence-corrected chi connectivity index (χ4v) is 4.39. The van der Waals surface area contributed by atoms with Crippen LogP contribution in [-0.4, -0.2) is 26.6 Å². The molecule has 1 amide bonds. The van der Waals surface area contributed by atoms with Crippen LogP contribution in [-0.2, 0) is 23.0 Å². The van der Waals surface area contributed by atoms with E-state index >= 15 is 0 Å². The van der Waals surface area contributed by atoms with Crippen LogP contribution in [0.25, 0.3) is 0 Å². The van der Waals surface area contributed by atoms with Crippen molar-refractivity contribution in [1.29, 1.82) is 0 Å². The lowest BCUT2D eigenvalue weighted by Crippen LogP contribution is -2.34. The first kappa shape index (κ1) is 16.5. The molecule has 1 atom stereocenters. The number of rotatable bonds is 4. The Bertz CT molecular complexity index is 863. The quantitative estimate of drug-likeness (QED) is 0.926. The molecule has 0 saturated heterocycles. The number of sulfonamides is 1. The number of fused-ring (bicyclic) bond motifs is 1. The second-order valence-electron chi connectivity index (χ2n) is 6.12. The summed E-state index contributed by atoms with van der Waals surface area (Å²) in [5, 5.41) is 2.89. The Morgan fingerprint density at radius 1 is 1.21 bits per heavy atom. The fourth-order valence-electron chi connectivity index (χ4n) is 3.13. The molecule has 1 aliphatic heterocycles. The topological polar surface area (TPSA) is 66.5 Å². The van der Waals surface area contributed by atoms with Gasteiger partial charge in [0.15, 0.2) is 0 Å². The van der Waals surface area contributed by atoms with Gasteiger partial charge in [0.1, 0.15) is 0 Å². The van der Waals surface area contributed by atoms with E-state index < -0.39 is 10.0 Å². The first-order chi connectivity index (χ1) is 11.4. The van der Waals surface area contributed by atoms with E-state index in [4.69, 9.17) is 0 Å². The van der Waals surface area contributed by atoms with Crippen molar-refractivity contribution in [2.24, 2.45) is 0 Å². The van der Waals surface area contributed by atoms with Crippen LogP contribution >= 0.6 is 0 Å². The first-order valence-electron chi connectivity index (χ1n) is 7.81. The van der Waals surface area contributed by atoms with E-state index in [-0.39, 0.29) is 11.9 Å². The van der Waals surface area contributed by atoms with Crippen LogP contribution in [0.15, 0.2) is 48.5 Å². The summed E-state index contributed by atoms with van der Waals surface area (Å²) in [4.78, 5) is 12.3. The predicted molar refractivity (Wildman–Crippen MR) is 94.5 cm³/mol. The van der Waals surface area contributed by atoms with Crippen LogP contribution in [0, 0.1) is 0 Å². The normalized spacial score (nSPS) is 16.8. The maximum atomic E-state index is 12.3. The van der Waals surface area contributed by atoms with Gasteiger partial charge in [-0.3, -0.25) is 9.10 Å². The zero-order valence-corrected chi connectivity index (χ0v) is 14.5. The molecule has 0 bridgehead atoms. The number of hydrogen-bond acceptors (Lipinski definition) is 3. The summed E-state index contributed by atoms with van der Waals surface area (Å²) < 4.78 is 25.3. The zero-order chi connectivity index (χ0) is 17.3. The highest BCUT2D eigenvalue weighted by atomic mass is 32.2. The van der Waals surface area contributed by atoms with E-state index in [0.717, 1.165) is 11.1 Å². The molecule has 0 radical (unpaired) electrons. The molecule has 6 heteroatoms. The van der Waals surface area contributed by atoms with Gasteiger partial charge in [-0.05, 0) is 42.7 Å². The molecule has 1 aliphatic rings. The van der Waals surface area contributed by atoms with Crippen LogP contribution < -0.4 is 9.62 Å². The summed E-state index contributed by atoms with van der Waals surface area (Å²) in [6.07, 6.45) is 1.82. The molecule has 0 fully saturated rings. The van der Waals surface area contributed by atoms with Gasteiger partial charge in [-0.15, -0.1) is 0 Å². The van der Waals surface area contributed by atoms with Crippen molar-refractivity contribution < 1.29 is 13.2 Å². The minimum Gasteiger partial charge on any atom is -0.348 e. The molecule has 24 heavy (non-hydrogen) atoms. The van der Waals surface area contributed by atoms with Crippen LogP contribution in [0.2, 0.25) is 0 Å². The molecular formula is C18H20N2O3S. The molecule has 3 rings (SSSR count). The molecule has 2 aromatic rings. The number of hydrogen-bond donors (Lipinski definition) is 1. The number of nitrogens with one attached hydrogen (secondary N) is 1. The Labute approximate surface area is 142 Å². The molecule has 0 aromatic heterocycles. The fraction of sp³-hybridized carbons (Fsp3) is 0.278. The van der Waals surface area contributed by atoms with Gasteiger partial charge in [0.25, 0.3) is 5.91 Å². The van der Waals surface area contributed by atoms with Gasteiger partial charge in [-0.2, -0.15) is 0 Å². The highest BCUT2D eigenvalue weighted by Crippen LogP contribution is 2.34. The van der Waals surface area contributed by atoms with Crippen LogP contribution in [0.1, 0.15) is 28.4 Å². The molecule has 0 saturated carbocycles. The third-order valence-electron chi connectivity index (χ3n) is 4.15. The molecule has 2 aromatic carbocycles. The lowest BCUT2D eigenvalue weighted by molar-refractivity contribution is 0.0951. The standard InChI is InChI=1S/C18H20N2O3S/c1-13-10-16-11-15(8-9-17(16)20(13)24(2,22)23)18(21)19-12-14-6-4-3-5-7-14/h3-9,11,13H,10,12H2,1-2H3,(H,19,21)/t13-/m0/s1. The average molecular weight is 344 g/mol. The lowest BCUT2D eigenvalue weighted by atomic mass is 10.1. The highest BCUT2D eigenvalue weighted by Gasteiger charge is 2.32. The summed E-state index contributed by atoms with van der Waals surface area (Å²) in [5.41, 5.74) is 3.14. The Kier molecular flexibility index (Phi) is 4.32. The van der Waals surface area contributed by atoms with Crippen molar-refractivity contribution in [3.63, 3.8) is 0 Å². The molecular weight excluding hydrogens is 324 g/mol. The van der Waals surface area contributed by atoms with Crippen molar-refractivity contribution in [2.75, 3.05) is 10.6 Å². The molecule has 1 N–H and O–H groups in total. The van der Waals surface area contributed by atoms with Crippen molar-refractivity contribution >= 4 is 21.6 Å². The van der Waals surface area contributed by atoms with Crippen molar-refractivity contribution in [3.05, 3.63) is 65.2 Å². The van der Waals surface area contributed by atoms with E-state index in [9.17, 15) is 13.2 Å². The second kappa shape index (κ2) is 6.28. The number of anilines is 1. The number of carbonyl (C=O) groups is 1. The lowest BCUT2D eigenvalue weighted by Gasteiger charge is -2.21. The molecule has 5 nitrogen and oxygen atoms in total. The molecule has 0 spiro atoms. The molecule has 1 heterocycles. The molecule has 0 unspecified atom stereocenters. The van der Waals surface area contributed by atoms with E-state index in [1.54, 1.807) is 18.2 Å². The third kappa shape index (κ3) is 3.28. The molecule has 126 valence electrons. The zero-order valence-electron chi connectivity index (χ0n) is 13.7. The van der Waals surface area contributed by atoms with E-state index in [1.165, 1.54) is 10.6 Å². The van der Waals surface area contributed by atoms with Crippen molar-refractivity contribution in [1.82, 2.24) is 5.32 Å². The van der Waals surface area contributed by atoms with E-state index in [0.29, 0.717) is 24.2 Å². The van der Waals surface area contributed by atoms with Gasteiger partial charge >= 0.3 is 0 Å². The van der Waals surface area contributed by atoms with E-state index in [2.05, 4.69) is 5.32 Å². The summed E-state index contributed by atoms with van der Waals surface area (Å²) in [7, 11) is -3.31. The van der Waals surface area contributed by atoms with Gasteiger partial charge in [-0.1, -0.05) is 30.3 Å². The maximum Gasteiger partial charge on any atom is 0.251 e. The number of nitrogens with zero attached hydrogens (tertiary/aromatic N) is 1. The summed E-state index contributed by atoms with van der Waals surface area (Å²) in [6.45, 7) is 2.33. The smallest absolute Gasteiger partial charge is 0.251 e. The minimum atomic E-state index is -3.31. The van der Waals surface area contributed by atoms with Gasteiger partial charge in [-0.25, -0.2) is 8.42 Å². The molecule has 0 aliphatic carbocycles. The maximum absolute atomic E-state index is 12.3. The van der Waals surface area contributed by atoms with Crippen LogP contribution in [0.5, 0.6) is 0 Å². The van der Waals surface area contributed by atoms with Gasteiger partial charge in [0, 0.05) is 18.2 Å². The summed E-state index contributed by atoms with van der Waals surface area (Å²) in [5.74, 6) is -0.160. The Morgan fingerprint density at radius 2 is 1.92 bits per heavy atom. The van der Waals surface area contributed by atoms with Gasteiger partial charge in [0.05, 0.1) is 11.9 Å². The van der Waals surface area contributed by atoms with Crippen LogP contribution in [0.3, 0.4) is 0 Å². The van der Waals surface area contributed by atoms with E-state index in [1.807, 2.05) is 37.3 Å². The highest BCUT2D eigenvalue weighted by molar-refractivity contribution is 7.92. The predicted octanol–water partition coefficient (Wildman–Crippen LogP) is 2.33. The average Bonchev–Trinajstić information content (AvgIpc) is 2.88. The largest absolute Gasteiger partial charge is 0.348 e. The Morgan fingerprint density at radius 3 is 2.58 bits per heavy atom. The number of amides is 1. The van der Waals surface area contributed by atoms with Gasteiger partial charge in [0.2, 0.25) is 10.0 Å². The van der Waals surface area contributed by atoms with Crippen LogP contribution in [0.4, 0.5) is 5.69 Å². The van der Waals surface area contributed by atoms with Gasteiger partial charge < -0.3 is 5.32 Å². The Hall–Kier alpha value is -2.34.